The molecule has 0 aliphatic heterocycles. The minimum atomic E-state index is -0.396. The van der Waals surface area contributed by atoms with Gasteiger partial charge in [0.2, 0.25) is 0 Å². The number of halogens is 2. The van der Waals surface area contributed by atoms with Crippen LogP contribution >= 0.6 is 15.9 Å². The third-order valence-corrected chi connectivity index (χ3v) is 4.46. The first kappa shape index (κ1) is 13.6. The van der Waals surface area contributed by atoms with Crippen LogP contribution < -0.4 is 15.2 Å². The molecular weight excluding hydrogens is 301 g/mol. The van der Waals surface area contributed by atoms with Crippen molar-refractivity contribution in [2.45, 2.75) is 31.2 Å². The van der Waals surface area contributed by atoms with Crippen molar-refractivity contribution in [3.05, 3.63) is 21.9 Å². The van der Waals surface area contributed by atoms with Crippen LogP contribution in [0.1, 0.15) is 25.3 Å². The molecule has 3 nitrogen and oxygen atoms in total. The Bertz CT molecular complexity index is 473. The molecule has 0 aromatic heterocycles. The van der Waals surface area contributed by atoms with E-state index >= 15 is 0 Å². The summed E-state index contributed by atoms with van der Waals surface area (Å²) in [5.74, 6) is 0.381. The standard InChI is InChI=1S/C13H17BrFNO2/c1-7(16)13(4-5-13)8-6-9(15)12(18-3)10(14)11(8)17-2/h6-7H,4-5,16H2,1-3H3. The summed E-state index contributed by atoms with van der Waals surface area (Å²) < 4.78 is 24.9. The molecule has 0 radical (unpaired) electrons. The summed E-state index contributed by atoms with van der Waals surface area (Å²) in [6.45, 7) is 1.95. The predicted molar refractivity (Wildman–Crippen MR) is 71.8 cm³/mol. The molecule has 0 bridgehead atoms. The average molecular weight is 318 g/mol. The van der Waals surface area contributed by atoms with Crippen molar-refractivity contribution in [3.8, 4) is 11.5 Å². The molecular formula is C13H17BrFNO2. The van der Waals surface area contributed by atoms with E-state index in [9.17, 15) is 4.39 Å². The third kappa shape index (κ3) is 1.89. The first-order chi connectivity index (χ1) is 8.47. The first-order valence-electron chi connectivity index (χ1n) is 5.84. The van der Waals surface area contributed by atoms with Crippen LogP contribution in [0.15, 0.2) is 10.5 Å². The summed E-state index contributed by atoms with van der Waals surface area (Å²) in [7, 11) is 3.00. The summed E-state index contributed by atoms with van der Waals surface area (Å²) in [4.78, 5) is 0. The second-order valence-electron chi connectivity index (χ2n) is 4.73. The summed E-state index contributed by atoms with van der Waals surface area (Å²) >= 11 is 3.34. The van der Waals surface area contributed by atoms with E-state index in [1.807, 2.05) is 6.92 Å². The van der Waals surface area contributed by atoms with Crippen LogP contribution in [0.3, 0.4) is 0 Å². The highest BCUT2D eigenvalue weighted by molar-refractivity contribution is 9.10. The Morgan fingerprint density at radius 1 is 1.33 bits per heavy atom. The molecule has 18 heavy (non-hydrogen) atoms. The maximum atomic E-state index is 14.0. The molecule has 1 aliphatic carbocycles. The molecule has 1 unspecified atom stereocenters. The van der Waals surface area contributed by atoms with Crippen LogP contribution in [-0.4, -0.2) is 20.3 Å². The molecule has 1 aliphatic rings. The Labute approximate surface area is 115 Å². The maximum Gasteiger partial charge on any atom is 0.172 e. The predicted octanol–water partition coefficient (Wildman–Crippen LogP) is 2.98. The smallest absolute Gasteiger partial charge is 0.172 e. The van der Waals surface area contributed by atoms with Gasteiger partial charge in [0, 0.05) is 17.0 Å². The molecule has 1 fully saturated rings. The summed E-state index contributed by atoms with van der Waals surface area (Å²) in [6.07, 6.45) is 1.92. The molecule has 100 valence electrons. The van der Waals surface area contributed by atoms with Crippen LogP contribution in [0.2, 0.25) is 0 Å². The quantitative estimate of drug-likeness (QED) is 0.928. The lowest BCUT2D eigenvalue weighted by molar-refractivity contribution is 0.361. The second kappa shape index (κ2) is 4.70. The molecule has 1 aromatic rings. The van der Waals surface area contributed by atoms with Crippen LogP contribution in [0.5, 0.6) is 11.5 Å². The molecule has 1 saturated carbocycles. The zero-order chi connectivity index (χ0) is 13.5. The van der Waals surface area contributed by atoms with Gasteiger partial charge in [0.15, 0.2) is 11.6 Å². The fourth-order valence-electron chi connectivity index (χ4n) is 2.45. The fraction of sp³-hybridized carbons (Fsp3) is 0.538. The second-order valence-corrected chi connectivity index (χ2v) is 5.52. The van der Waals surface area contributed by atoms with Gasteiger partial charge in [-0.1, -0.05) is 0 Å². The van der Waals surface area contributed by atoms with E-state index in [1.165, 1.54) is 13.2 Å². The van der Waals surface area contributed by atoms with Crippen molar-refractivity contribution >= 4 is 15.9 Å². The number of ether oxygens (including phenoxy) is 2. The normalized spacial score (nSPS) is 18.3. The Balaban J connectivity index is 2.62. The number of hydrogen-bond donors (Lipinski definition) is 1. The highest BCUT2D eigenvalue weighted by Gasteiger charge is 2.50. The molecule has 0 amide bonds. The van der Waals surface area contributed by atoms with Crippen molar-refractivity contribution in [3.63, 3.8) is 0 Å². The monoisotopic (exact) mass is 317 g/mol. The van der Waals surface area contributed by atoms with Crippen LogP contribution in [0.25, 0.3) is 0 Å². The van der Waals surface area contributed by atoms with E-state index in [0.717, 1.165) is 18.4 Å². The van der Waals surface area contributed by atoms with Gasteiger partial charge in [0.25, 0.3) is 0 Å². The molecule has 2 rings (SSSR count). The van der Waals surface area contributed by atoms with Crippen LogP contribution in [0, 0.1) is 5.82 Å². The highest BCUT2D eigenvalue weighted by Crippen LogP contribution is 2.56. The van der Waals surface area contributed by atoms with Gasteiger partial charge in [0.1, 0.15) is 10.2 Å². The number of benzene rings is 1. The van der Waals surface area contributed by atoms with Gasteiger partial charge in [-0.15, -0.1) is 0 Å². The van der Waals surface area contributed by atoms with Gasteiger partial charge in [-0.25, -0.2) is 4.39 Å². The van der Waals surface area contributed by atoms with Crippen LogP contribution in [0.4, 0.5) is 4.39 Å². The zero-order valence-electron chi connectivity index (χ0n) is 10.7. The average Bonchev–Trinajstić information content (AvgIpc) is 3.10. The summed E-state index contributed by atoms with van der Waals surface area (Å²) in [6, 6.07) is 1.45. The van der Waals surface area contributed by atoms with Crippen molar-refractivity contribution < 1.29 is 13.9 Å². The highest BCUT2D eigenvalue weighted by atomic mass is 79.9. The topological polar surface area (TPSA) is 44.5 Å². The Kier molecular flexibility index (Phi) is 3.56. The number of hydrogen-bond acceptors (Lipinski definition) is 3. The van der Waals surface area contributed by atoms with E-state index < -0.39 is 5.82 Å². The lowest BCUT2D eigenvalue weighted by Crippen LogP contribution is -2.32. The largest absolute Gasteiger partial charge is 0.495 e. The third-order valence-electron chi connectivity index (χ3n) is 3.74. The van der Waals surface area contributed by atoms with Gasteiger partial charge in [0.05, 0.1) is 14.2 Å². The molecule has 0 saturated heterocycles. The van der Waals surface area contributed by atoms with Gasteiger partial charge < -0.3 is 15.2 Å². The van der Waals surface area contributed by atoms with Crippen molar-refractivity contribution in [1.29, 1.82) is 0 Å². The van der Waals surface area contributed by atoms with Gasteiger partial charge >= 0.3 is 0 Å². The van der Waals surface area contributed by atoms with E-state index in [1.54, 1.807) is 7.11 Å². The van der Waals surface area contributed by atoms with Crippen molar-refractivity contribution in [2.75, 3.05) is 14.2 Å². The lowest BCUT2D eigenvalue weighted by atomic mass is 9.88. The van der Waals surface area contributed by atoms with Gasteiger partial charge in [-0.2, -0.15) is 0 Å². The Morgan fingerprint density at radius 3 is 2.28 bits per heavy atom. The Morgan fingerprint density at radius 2 is 1.89 bits per heavy atom. The minimum absolute atomic E-state index is 0.0360. The summed E-state index contributed by atoms with van der Waals surface area (Å²) in [5.41, 5.74) is 6.69. The molecule has 1 atom stereocenters. The lowest BCUT2D eigenvalue weighted by Gasteiger charge is -2.24. The fourth-order valence-corrected chi connectivity index (χ4v) is 3.17. The summed E-state index contributed by atoms with van der Waals surface area (Å²) in [5, 5.41) is 0. The van der Waals surface area contributed by atoms with E-state index in [-0.39, 0.29) is 17.2 Å². The number of methoxy groups -OCH3 is 2. The van der Waals surface area contributed by atoms with E-state index in [0.29, 0.717) is 10.2 Å². The molecule has 0 heterocycles. The molecule has 2 N–H and O–H groups in total. The molecule has 5 heteroatoms. The molecule has 0 spiro atoms. The Hall–Kier alpha value is -0.810. The number of nitrogens with two attached hydrogens (primary N) is 1. The van der Waals surface area contributed by atoms with Gasteiger partial charge in [-0.3, -0.25) is 0 Å². The minimum Gasteiger partial charge on any atom is -0.495 e. The SMILES string of the molecule is COc1c(F)cc(C2(C(C)N)CC2)c(OC)c1Br. The zero-order valence-corrected chi connectivity index (χ0v) is 12.3. The van der Waals surface area contributed by atoms with Gasteiger partial charge in [-0.05, 0) is 41.8 Å². The first-order valence-corrected chi connectivity index (χ1v) is 6.63. The van der Waals surface area contributed by atoms with Crippen LogP contribution in [-0.2, 0) is 5.41 Å². The molecule has 1 aromatic carbocycles. The number of rotatable bonds is 4. The van der Waals surface area contributed by atoms with E-state index in [2.05, 4.69) is 15.9 Å². The van der Waals surface area contributed by atoms with Crippen molar-refractivity contribution in [1.82, 2.24) is 0 Å². The van der Waals surface area contributed by atoms with Crippen molar-refractivity contribution in [2.24, 2.45) is 5.73 Å². The van der Waals surface area contributed by atoms with E-state index in [4.69, 9.17) is 15.2 Å². The maximum absolute atomic E-state index is 14.0.